The van der Waals surface area contributed by atoms with Crippen LogP contribution in [0.1, 0.15) is 26.6 Å². The summed E-state index contributed by atoms with van der Waals surface area (Å²) in [7, 11) is 0. The van der Waals surface area contributed by atoms with Gasteiger partial charge in [0.15, 0.2) is 5.82 Å². The van der Waals surface area contributed by atoms with E-state index in [1.165, 1.54) is 0 Å². The molecule has 1 aromatic heterocycles. The lowest BCUT2D eigenvalue weighted by molar-refractivity contribution is -0.136. The van der Waals surface area contributed by atoms with E-state index in [9.17, 15) is 9.59 Å². The van der Waals surface area contributed by atoms with E-state index in [4.69, 9.17) is 9.84 Å². The average Bonchev–Trinajstić information content (AvgIpc) is 2.46. The predicted octanol–water partition coefficient (Wildman–Crippen LogP) is 1.04. The molecule has 8 nitrogen and oxygen atoms in total. The fourth-order valence-corrected chi connectivity index (χ4v) is 0.903. The van der Waals surface area contributed by atoms with Crippen molar-refractivity contribution in [1.82, 2.24) is 10.1 Å². The van der Waals surface area contributed by atoms with Crippen molar-refractivity contribution in [3.63, 3.8) is 0 Å². The molecule has 0 radical (unpaired) electrons. The smallest absolute Gasteiger partial charge is 0.415 e. The Balaban J connectivity index is 2.55. The van der Waals surface area contributed by atoms with Crippen LogP contribution in [0.5, 0.6) is 0 Å². The summed E-state index contributed by atoms with van der Waals surface area (Å²) < 4.78 is 9.55. The first-order chi connectivity index (χ1) is 7.76. The zero-order valence-corrected chi connectivity index (χ0v) is 9.68. The maximum Gasteiger partial charge on any atom is 0.415 e. The normalized spacial score (nSPS) is 11.0. The molecule has 0 atom stereocenters. The molecule has 8 heteroatoms. The molecule has 0 fully saturated rings. The van der Waals surface area contributed by atoms with Gasteiger partial charge in [0.2, 0.25) is 0 Å². The average molecular weight is 243 g/mol. The SMILES string of the molecule is CC(C)(C)OC(=O)Nc1nc(CC(=O)O)no1. The maximum absolute atomic E-state index is 11.3. The highest BCUT2D eigenvalue weighted by atomic mass is 16.6. The summed E-state index contributed by atoms with van der Waals surface area (Å²) in [5, 5.41) is 14.0. The highest BCUT2D eigenvalue weighted by Gasteiger charge is 2.18. The van der Waals surface area contributed by atoms with Crippen molar-refractivity contribution >= 4 is 18.1 Å². The summed E-state index contributed by atoms with van der Waals surface area (Å²) in [5.41, 5.74) is -0.645. The number of rotatable bonds is 3. The molecule has 0 bridgehead atoms. The third-order valence-corrected chi connectivity index (χ3v) is 1.39. The van der Waals surface area contributed by atoms with Gasteiger partial charge in [0.1, 0.15) is 12.0 Å². The first-order valence-electron chi connectivity index (χ1n) is 4.80. The molecular formula is C9H13N3O5. The van der Waals surface area contributed by atoms with Gasteiger partial charge in [-0.15, -0.1) is 0 Å². The zero-order chi connectivity index (χ0) is 13.1. The van der Waals surface area contributed by atoms with E-state index in [-0.39, 0.29) is 18.3 Å². The van der Waals surface area contributed by atoms with Gasteiger partial charge >= 0.3 is 18.1 Å². The number of aliphatic carboxylic acids is 1. The van der Waals surface area contributed by atoms with Crippen molar-refractivity contribution in [1.29, 1.82) is 0 Å². The highest BCUT2D eigenvalue weighted by molar-refractivity contribution is 5.82. The van der Waals surface area contributed by atoms with E-state index in [0.717, 1.165) is 0 Å². The lowest BCUT2D eigenvalue weighted by atomic mass is 10.2. The Kier molecular flexibility index (Phi) is 3.66. The first kappa shape index (κ1) is 12.9. The van der Waals surface area contributed by atoms with E-state index < -0.39 is 17.7 Å². The van der Waals surface area contributed by atoms with Crippen molar-refractivity contribution in [2.24, 2.45) is 0 Å². The minimum absolute atomic E-state index is 0.0245. The quantitative estimate of drug-likeness (QED) is 0.814. The second kappa shape index (κ2) is 4.81. The molecule has 0 aliphatic carbocycles. The number of hydrogen-bond donors (Lipinski definition) is 2. The molecule has 0 spiro atoms. The van der Waals surface area contributed by atoms with Gasteiger partial charge in [-0.1, -0.05) is 5.16 Å². The molecule has 1 amide bonds. The Labute approximate surface area is 97.0 Å². The number of ether oxygens (including phenoxy) is 1. The molecule has 17 heavy (non-hydrogen) atoms. The second-order valence-corrected chi connectivity index (χ2v) is 4.21. The van der Waals surface area contributed by atoms with Crippen LogP contribution in [0.3, 0.4) is 0 Å². The molecule has 0 aromatic carbocycles. The van der Waals surface area contributed by atoms with E-state index in [2.05, 4.69) is 20.0 Å². The summed E-state index contributed by atoms with van der Waals surface area (Å²) in [6.07, 6.45) is -1.12. The predicted molar refractivity (Wildman–Crippen MR) is 55.5 cm³/mol. The molecule has 1 heterocycles. The Bertz CT molecular complexity index is 421. The number of carbonyl (C=O) groups excluding carboxylic acids is 1. The van der Waals surface area contributed by atoms with Crippen LogP contribution in [-0.2, 0) is 16.0 Å². The fourth-order valence-electron chi connectivity index (χ4n) is 0.903. The minimum atomic E-state index is -1.09. The molecule has 0 aliphatic heterocycles. The number of aromatic nitrogens is 2. The van der Waals surface area contributed by atoms with Gasteiger partial charge < -0.3 is 14.4 Å². The highest BCUT2D eigenvalue weighted by Crippen LogP contribution is 2.10. The summed E-state index contributed by atoms with van der Waals surface area (Å²) in [4.78, 5) is 25.3. The topological polar surface area (TPSA) is 115 Å². The Morgan fingerprint density at radius 1 is 1.47 bits per heavy atom. The number of carboxylic acids is 1. The van der Waals surface area contributed by atoms with E-state index in [1.807, 2.05) is 0 Å². The van der Waals surface area contributed by atoms with Gasteiger partial charge in [0.05, 0.1) is 0 Å². The van der Waals surface area contributed by atoms with Crippen molar-refractivity contribution in [3.05, 3.63) is 5.82 Å². The molecular weight excluding hydrogens is 230 g/mol. The molecule has 1 aromatic rings. The van der Waals surface area contributed by atoms with Crippen LogP contribution in [0, 0.1) is 0 Å². The summed E-state index contributed by atoms with van der Waals surface area (Å²) in [6, 6.07) is -0.199. The van der Waals surface area contributed by atoms with E-state index in [0.29, 0.717) is 0 Å². The van der Waals surface area contributed by atoms with Crippen LogP contribution in [0.2, 0.25) is 0 Å². The standard InChI is InChI=1S/C9H13N3O5/c1-9(2,3)16-8(15)11-7-10-5(12-17-7)4-6(13)14/h4H2,1-3H3,(H,13,14)(H,10,11,12,15). The summed E-state index contributed by atoms with van der Waals surface area (Å²) in [5.74, 6) is -1.11. The molecule has 94 valence electrons. The van der Waals surface area contributed by atoms with Gasteiger partial charge in [-0.25, -0.2) is 10.1 Å². The van der Waals surface area contributed by atoms with Crippen LogP contribution in [-0.4, -0.2) is 32.9 Å². The lowest BCUT2D eigenvalue weighted by Gasteiger charge is -2.18. The summed E-state index contributed by atoms with van der Waals surface area (Å²) in [6.45, 7) is 5.11. The number of nitrogens with one attached hydrogen (secondary N) is 1. The molecule has 2 N–H and O–H groups in total. The molecule has 1 rings (SSSR count). The number of hydrogen-bond acceptors (Lipinski definition) is 6. The van der Waals surface area contributed by atoms with Gasteiger partial charge in [0, 0.05) is 0 Å². The Morgan fingerprint density at radius 2 is 2.12 bits per heavy atom. The van der Waals surface area contributed by atoms with Gasteiger partial charge in [-0.2, -0.15) is 4.98 Å². The van der Waals surface area contributed by atoms with Crippen LogP contribution < -0.4 is 5.32 Å². The number of amides is 1. The Morgan fingerprint density at radius 3 is 2.65 bits per heavy atom. The van der Waals surface area contributed by atoms with Crippen molar-refractivity contribution < 1.29 is 24.0 Å². The summed E-state index contributed by atoms with van der Waals surface area (Å²) >= 11 is 0. The number of carboxylic acid groups (broad SMARTS) is 1. The monoisotopic (exact) mass is 243 g/mol. The van der Waals surface area contributed by atoms with Gasteiger partial charge in [-0.3, -0.25) is 4.79 Å². The number of anilines is 1. The third kappa shape index (κ3) is 4.96. The fraction of sp³-hybridized carbons (Fsp3) is 0.556. The van der Waals surface area contributed by atoms with Gasteiger partial charge in [0.25, 0.3) is 0 Å². The second-order valence-electron chi connectivity index (χ2n) is 4.21. The van der Waals surface area contributed by atoms with Crippen LogP contribution in [0.4, 0.5) is 10.8 Å². The van der Waals surface area contributed by atoms with E-state index in [1.54, 1.807) is 20.8 Å². The van der Waals surface area contributed by atoms with E-state index >= 15 is 0 Å². The molecule has 0 aliphatic rings. The third-order valence-electron chi connectivity index (χ3n) is 1.39. The minimum Gasteiger partial charge on any atom is -0.481 e. The van der Waals surface area contributed by atoms with Crippen LogP contribution >= 0.6 is 0 Å². The lowest BCUT2D eigenvalue weighted by Crippen LogP contribution is -2.27. The van der Waals surface area contributed by atoms with Crippen molar-refractivity contribution in [3.8, 4) is 0 Å². The maximum atomic E-state index is 11.3. The molecule has 0 unspecified atom stereocenters. The first-order valence-corrected chi connectivity index (χ1v) is 4.80. The molecule has 0 saturated carbocycles. The Hall–Kier alpha value is -2.12. The van der Waals surface area contributed by atoms with Gasteiger partial charge in [-0.05, 0) is 20.8 Å². The van der Waals surface area contributed by atoms with Crippen molar-refractivity contribution in [2.75, 3.05) is 5.32 Å². The largest absolute Gasteiger partial charge is 0.481 e. The van der Waals surface area contributed by atoms with Crippen LogP contribution in [0.15, 0.2) is 4.52 Å². The zero-order valence-electron chi connectivity index (χ0n) is 9.68. The molecule has 0 saturated heterocycles. The number of nitrogens with zero attached hydrogens (tertiary/aromatic N) is 2. The van der Waals surface area contributed by atoms with Crippen molar-refractivity contribution in [2.45, 2.75) is 32.8 Å². The van der Waals surface area contributed by atoms with Crippen LogP contribution in [0.25, 0.3) is 0 Å². The number of carbonyl (C=O) groups is 2.